The van der Waals surface area contributed by atoms with Crippen molar-refractivity contribution in [3.8, 4) is 0 Å². The van der Waals surface area contributed by atoms with E-state index in [-0.39, 0.29) is 39.0 Å². The second kappa shape index (κ2) is 16.5. The highest BCUT2D eigenvalue weighted by Gasteiger charge is 2.51. The fourth-order valence-corrected chi connectivity index (χ4v) is 5.38. The van der Waals surface area contributed by atoms with Crippen LogP contribution in [0.5, 0.6) is 0 Å². The summed E-state index contributed by atoms with van der Waals surface area (Å²) in [5.74, 6) is 0. The second-order valence-electron chi connectivity index (χ2n) is 11.3. The Labute approximate surface area is 243 Å². The van der Waals surface area contributed by atoms with Gasteiger partial charge in [-0.05, 0) is 12.8 Å². The van der Waals surface area contributed by atoms with E-state index in [1.54, 1.807) is 0 Å². The Kier molecular flexibility index (Phi) is 14.1. The summed E-state index contributed by atoms with van der Waals surface area (Å²) < 4.78 is 23.5. The molecule has 0 amide bonds. The molecule has 0 aromatic carbocycles. The van der Waals surface area contributed by atoms with Crippen molar-refractivity contribution in [2.45, 2.75) is 111 Å². The van der Waals surface area contributed by atoms with E-state index in [1.165, 1.54) is 0 Å². The lowest BCUT2D eigenvalue weighted by Gasteiger charge is -2.48. The molecule has 16 atom stereocenters. The molecule has 3 aliphatic rings. The molecule has 0 aromatic rings. The highest BCUT2D eigenvalue weighted by Crippen LogP contribution is 2.31. The van der Waals surface area contributed by atoms with E-state index in [2.05, 4.69) is 10.6 Å². The number of hydrogen-bond donors (Lipinski definition) is 14. The molecular formula is C24H50N6O12. The predicted molar refractivity (Wildman–Crippen MR) is 144 cm³/mol. The van der Waals surface area contributed by atoms with Gasteiger partial charge in [-0.2, -0.15) is 0 Å². The quantitative estimate of drug-likeness (QED) is 0.0863. The van der Waals surface area contributed by atoms with Gasteiger partial charge in [-0.3, -0.25) is 0 Å². The lowest BCUT2D eigenvalue weighted by atomic mass is 9.83. The molecule has 2 unspecified atom stereocenters. The summed E-state index contributed by atoms with van der Waals surface area (Å²) in [5, 5.41) is 86.8. The van der Waals surface area contributed by atoms with Crippen molar-refractivity contribution in [2.75, 3.05) is 39.4 Å². The van der Waals surface area contributed by atoms with Gasteiger partial charge in [0.1, 0.15) is 36.6 Å². The summed E-state index contributed by atoms with van der Waals surface area (Å²) in [4.78, 5) is 0. The van der Waals surface area contributed by atoms with E-state index >= 15 is 0 Å². The van der Waals surface area contributed by atoms with Crippen LogP contribution in [0.4, 0.5) is 0 Å². The van der Waals surface area contributed by atoms with Crippen LogP contribution in [0.25, 0.3) is 0 Å². The first-order valence-electron chi connectivity index (χ1n) is 14.2. The Bertz CT molecular complexity index is 794. The maximum absolute atomic E-state index is 11.5. The Balaban J connectivity index is 1.74. The van der Waals surface area contributed by atoms with Gasteiger partial charge >= 0.3 is 0 Å². The molecule has 18 heteroatoms. The maximum Gasteiger partial charge on any atom is 0.186 e. The lowest BCUT2D eigenvalue weighted by Crippen LogP contribution is -2.69. The molecule has 0 aromatic heterocycles. The highest BCUT2D eigenvalue weighted by molar-refractivity contribution is 5.02. The fraction of sp³-hybridized carbons (Fsp3) is 1.00. The molecule has 0 spiro atoms. The molecule has 2 aliphatic heterocycles. The van der Waals surface area contributed by atoms with Crippen molar-refractivity contribution < 1.29 is 59.8 Å². The standard InChI is InChI=1S/C24H50N6O12/c25-3-9(33)5-30-13-1-11(26)21(20(38)22(13)42-24-19(37)17(28)18(36)16(8-32)40-24)41-23-12(27)2-14(35)15(39-23)6-29-4-10(34)7-31/h9-24,29-38H,1-8,25-28H2/t9?,10?,11-,12+,13+,14-,15+,16+,17-,18+,19+,20-,21+,22-,23+,24+/m0/s1. The first-order valence-corrected chi connectivity index (χ1v) is 14.2. The first kappa shape index (κ1) is 35.8. The van der Waals surface area contributed by atoms with Crippen LogP contribution in [0.15, 0.2) is 0 Å². The van der Waals surface area contributed by atoms with E-state index in [9.17, 15) is 35.7 Å². The monoisotopic (exact) mass is 614 g/mol. The average molecular weight is 615 g/mol. The van der Waals surface area contributed by atoms with Crippen LogP contribution < -0.4 is 33.6 Å². The Hall–Kier alpha value is -0.720. The zero-order valence-electron chi connectivity index (χ0n) is 23.4. The van der Waals surface area contributed by atoms with Crippen LogP contribution in [0.1, 0.15) is 12.8 Å². The highest BCUT2D eigenvalue weighted by atomic mass is 16.7. The summed E-state index contributed by atoms with van der Waals surface area (Å²) in [6.45, 7) is -0.861. The van der Waals surface area contributed by atoms with Gasteiger partial charge in [0.25, 0.3) is 0 Å². The largest absolute Gasteiger partial charge is 0.394 e. The molecule has 42 heavy (non-hydrogen) atoms. The van der Waals surface area contributed by atoms with E-state index in [1.807, 2.05) is 0 Å². The molecule has 2 saturated heterocycles. The zero-order chi connectivity index (χ0) is 31.1. The van der Waals surface area contributed by atoms with Crippen LogP contribution in [-0.2, 0) is 18.9 Å². The number of nitrogens with two attached hydrogens (primary N) is 4. The first-order chi connectivity index (χ1) is 19.9. The predicted octanol–water partition coefficient (Wildman–Crippen LogP) is -8.36. The van der Waals surface area contributed by atoms with Crippen LogP contribution >= 0.6 is 0 Å². The van der Waals surface area contributed by atoms with E-state index < -0.39 is 111 Å². The van der Waals surface area contributed by atoms with Gasteiger partial charge in [0.05, 0.1) is 49.7 Å². The summed E-state index contributed by atoms with van der Waals surface area (Å²) in [6, 6.07) is -3.50. The summed E-state index contributed by atoms with van der Waals surface area (Å²) in [6.07, 6.45) is -13.7. The third kappa shape index (κ3) is 8.93. The third-order valence-corrected chi connectivity index (χ3v) is 7.96. The van der Waals surface area contributed by atoms with Crippen molar-refractivity contribution >= 4 is 0 Å². The van der Waals surface area contributed by atoms with Crippen LogP contribution in [0, 0.1) is 0 Å². The third-order valence-electron chi connectivity index (χ3n) is 7.96. The number of ether oxygens (including phenoxy) is 4. The minimum atomic E-state index is -1.52. The fourth-order valence-electron chi connectivity index (χ4n) is 5.38. The Morgan fingerprint density at radius 2 is 1.45 bits per heavy atom. The summed E-state index contributed by atoms with van der Waals surface area (Å²) >= 11 is 0. The SMILES string of the molecule is NCC(O)CN[C@@H]1C[C@H](N)[C@@H](O[C@H]2O[C@H](CNCC(O)CO)[C@@H](O)C[C@H]2N)[C@H](O)[C@H]1O[C@H]1O[C@H](CO)[C@@H](O)[C@H](N)[C@H]1O. The number of nitrogens with one attached hydrogen (secondary N) is 2. The van der Waals surface area contributed by atoms with Crippen LogP contribution in [0.2, 0.25) is 0 Å². The van der Waals surface area contributed by atoms with Gasteiger partial charge in [0.15, 0.2) is 12.6 Å². The summed E-state index contributed by atoms with van der Waals surface area (Å²) in [7, 11) is 0. The smallest absolute Gasteiger partial charge is 0.186 e. The van der Waals surface area contributed by atoms with Gasteiger partial charge in [-0.15, -0.1) is 0 Å². The van der Waals surface area contributed by atoms with Gasteiger partial charge < -0.3 is 93.4 Å². The van der Waals surface area contributed by atoms with Gasteiger partial charge in [0.2, 0.25) is 0 Å². The van der Waals surface area contributed by atoms with Crippen molar-refractivity contribution in [3.63, 3.8) is 0 Å². The number of hydrogen-bond acceptors (Lipinski definition) is 18. The molecule has 18 N–H and O–H groups in total. The molecule has 1 aliphatic carbocycles. The minimum Gasteiger partial charge on any atom is -0.394 e. The molecular weight excluding hydrogens is 564 g/mol. The molecule has 2 heterocycles. The van der Waals surface area contributed by atoms with Crippen LogP contribution in [0.3, 0.4) is 0 Å². The zero-order valence-corrected chi connectivity index (χ0v) is 23.4. The normalized spacial score (nSPS) is 44.6. The van der Waals surface area contributed by atoms with Crippen molar-refractivity contribution in [1.29, 1.82) is 0 Å². The summed E-state index contributed by atoms with van der Waals surface area (Å²) in [5.41, 5.74) is 24.0. The molecule has 248 valence electrons. The second-order valence-corrected chi connectivity index (χ2v) is 11.3. The molecule has 3 fully saturated rings. The van der Waals surface area contributed by atoms with Crippen molar-refractivity contribution in [1.82, 2.24) is 10.6 Å². The molecule has 18 nitrogen and oxygen atoms in total. The van der Waals surface area contributed by atoms with Gasteiger partial charge in [0, 0.05) is 38.3 Å². The topological polar surface area (TPSA) is 327 Å². The van der Waals surface area contributed by atoms with E-state index in [0.717, 1.165) is 0 Å². The minimum absolute atomic E-state index is 0.0291. The van der Waals surface area contributed by atoms with Crippen LogP contribution in [-0.4, -0.2) is 178 Å². The Morgan fingerprint density at radius 3 is 2.10 bits per heavy atom. The number of rotatable bonds is 14. The van der Waals surface area contributed by atoms with Gasteiger partial charge in [-0.1, -0.05) is 0 Å². The van der Waals surface area contributed by atoms with E-state index in [0.29, 0.717) is 0 Å². The number of aliphatic hydroxyl groups is 8. The molecule has 3 rings (SSSR count). The lowest BCUT2D eigenvalue weighted by molar-refractivity contribution is -0.316. The van der Waals surface area contributed by atoms with Gasteiger partial charge in [-0.25, -0.2) is 0 Å². The van der Waals surface area contributed by atoms with Crippen molar-refractivity contribution in [3.05, 3.63) is 0 Å². The Morgan fingerprint density at radius 1 is 0.786 bits per heavy atom. The van der Waals surface area contributed by atoms with E-state index in [4.69, 9.17) is 47.0 Å². The number of aliphatic hydroxyl groups excluding tert-OH is 8. The maximum atomic E-state index is 11.5. The van der Waals surface area contributed by atoms with Crippen molar-refractivity contribution in [2.24, 2.45) is 22.9 Å². The average Bonchev–Trinajstić information content (AvgIpc) is 2.97. The molecule has 0 bridgehead atoms. The molecule has 0 radical (unpaired) electrons. The molecule has 1 saturated carbocycles.